The van der Waals surface area contributed by atoms with Crippen LogP contribution in [0.5, 0.6) is 0 Å². The van der Waals surface area contributed by atoms with E-state index >= 15 is 0 Å². The lowest BCUT2D eigenvalue weighted by Gasteiger charge is -2.18. The largest absolute Gasteiger partial charge is 0.462 e. The standard InChI is InChI=1S/C75H132O6/c1-4-7-10-13-16-19-22-25-28-30-32-34-36-37-39-40-42-44-47-50-53-56-59-62-65-68-74(77)80-71-72(70-79-73(76)67-64-61-58-55-52-49-46-27-24-21-18-15-12-9-6-3)81-75(78)69-66-63-60-57-54-51-48-45-43-41-38-35-33-31-29-26-23-20-17-14-11-8-5-2/h9,12,18,21-22,25,27,30-33,46,52,55,72H,4-8,10-11,13-17,19-20,23-24,26,28-29,34-45,47-51,53-54,56-71H2,1-3H3/b12-9-,21-18-,25-22-,32-30-,33-31-,46-27-,55-52-. The molecule has 0 amide bonds. The minimum absolute atomic E-state index is 0.0884. The van der Waals surface area contributed by atoms with Gasteiger partial charge in [-0.3, -0.25) is 14.4 Å². The first-order valence-corrected chi connectivity index (χ1v) is 35.1. The highest BCUT2D eigenvalue weighted by atomic mass is 16.6. The van der Waals surface area contributed by atoms with Gasteiger partial charge < -0.3 is 14.2 Å². The Bertz CT molecular complexity index is 1530. The molecule has 1 unspecified atom stereocenters. The van der Waals surface area contributed by atoms with E-state index in [2.05, 4.69) is 106 Å². The number of carbonyl (C=O) groups excluding carboxylic acids is 3. The van der Waals surface area contributed by atoms with Crippen molar-refractivity contribution in [1.82, 2.24) is 0 Å². The average molecular weight is 1130 g/mol. The fourth-order valence-corrected chi connectivity index (χ4v) is 10.1. The third kappa shape index (κ3) is 67.3. The number of rotatable bonds is 64. The molecule has 1 atom stereocenters. The van der Waals surface area contributed by atoms with Crippen molar-refractivity contribution in [1.29, 1.82) is 0 Å². The minimum Gasteiger partial charge on any atom is -0.462 e. The normalized spacial score (nSPS) is 12.6. The lowest BCUT2D eigenvalue weighted by Crippen LogP contribution is -2.30. The van der Waals surface area contributed by atoms with Gasteiger partial charge in [-0.1, -0.05) is 305 Å². The SMILES string of the molecule is CC/C=C\C/C=C\C/C=C\C/C=C\CCCCC(=O)OCC(COC(=O)CCCCCCCCCCCCCCC/C=C\C/C=C\CCCCCCC)OC(=O)CCCCCCCCCCCCC/C=C\CCCCCCCCCC. The summed E-state index contributed by atoms with van der Waals surface area (Å²) in [5, 5.41) is 0. The molecule has 0 bridgehead atoms. The van der Waals surface area contributed by atoms with Gasteiger partial charge in [0.25, 0.3) is 0 Å². The maximum atomic E-state index is 13.0. The van der Waals surface area contributed by atoms with Gasteiger partial charge in [-0.2, -0.15) is 0 Å². The topological polar surface area (TPSA) is 78.9 Å². The van der Waals surface area contributed by atoms with Crippen LogP contribution >= 0.6 is 0 Å². The highest BCUT2D eigenvalue weighted by molar-refractivity contribution is 5.71. The smallest absolute Gasteiger partial charge is 0.306 e. The average Bonchev–Trinajstić information content (AvgIpc) is 3.47. The van der Waals surface area contributed by atoms with Gasteiger partial charge in [0.15, 0.2) is 6.10 Å². The van der Waals surface area contributed by atoms with Crippen LogP contribution in [0, 0.1) is 0 Å². The number of hydrogen-bond donors (Lipinski definition) is 0. The molecule has 0 spiro atoms. The van der Waals surface area contributed by atoms with Crippen LogP contribution in [-0.4, -0.2) is 37.2 Å². The monoisotopic (exact) mass is 1130 g/mol. The lowest BCUT2D eigenvalue weighted by molar-refractivity contribution is -0.167. The van der Waals surface area contributed by atoms with Crippen molar-refractivity contribution >= 4 is 17.9 Å². The Morgan fingerprint density at radius 1 is 0.259 bits per heavy atom. The van der Waals surface area contributed by atoms with Crippen LogP contribution in [0.25, 0.3) is 0 Å². The van der Waals surface area contributed by atoms with Crippen LogP contribution in [-0.2, 0) is 28.6 Å². The van der Waals surface area contributed by atoms with Gasteiger partial charge in [-0.15, -0.1) is 0 Å². The summed E-state index contributed by atoms with van der Waals surface area (Å²) in [6.07, 6.45) is 91.8. The second-order valence-corrected chi connectivity index (χ2v) is 23.4. The third-order valence-corrected chi connectivity index (χ3v) is 15.4. The molecule has 0 saturated heterocycles. The predicted octanol–water partition coefficient (Wildman–Crippen LogP) is 24.2. The quantitative estimate of drug-likeness (QED) is 0.0261. The van der Waals surface area contributed by atoms with Crippen LogP contribution in [0.15, 0.2) is 85.1 Å². The molecule has 0 fully saturated rings. The number of ether oxygens (including phenoxy) is 3. The molecule has 0 aliphatic heterocycles. The van der Waals surface area contributed by atoms with E-state index in [-0.39, 0.29) is 31.1 Å². The van der Waals surface area contributed by atoms with Crippen LogP contribution in [0.4, 0.5) is 0 Å². The maximum absolute atomic E-state index is 13.0. The van der Waals surface area contributed by atoms with Gasteiger partial charge in [0.2, 0.25) is 0 Å². The van der Waals surface area contributed by atoms with E-state index in [0.29, 0.717) is 19.3 Å². The Morgan fingerprint density at radius 2 is 0.481 bits per heavy atom. The van der Waals surface area contributed by atoms with Crippen molar-refractivity contribution in [2.45, 2.75) is 361 Å². The number of hydrogen-bond acceptors (Lipinski definition) is 6. The molecule has 0 rings (SSSR count). The molecular formula is C75H132O6. The van der Waals surface area contributed by atoms with Crippen molar-refractivity contribution in [3.63, 3.8) is 0 Å². The highest BCUT2D eigenvalue weighted by Gasteiger charge is 2.19. The summed E-state index contributed by atoms with van der Waals surface area (Å²) in [5.74, 6) is -0.916. The Labute approximate surface area is 503 Å². The highest BCUT2D eigenvalue weighted by Crippen LogP contribution is 2.17. The summed E-state index contributed by atoms with van der Waals surface area (Å²) in [5.41, 5.74) is 0. The minimum atomic E-state index is -0.796. The second kappa shape index (κ2) is 69.1. The van der Waals surface area contributed by atoms with E-state index in [1.807, 2.05) is 0 Å². The molecule has 0 aliphatic rings. The zero-order valence-electron chi connectivity index (χ0n) is 53.8. The Hall–Kier alpha value is -3.41. The summed E-state index contributed by atoms with van der Waals surface area (Å²) >= 11 is 0. The Morgan fingerprint density at radius 3 is 0.790 bits per heavy atom. The summed E-state index contributed by atoms with van der Waals surface area (Å²) in [4.78, 5) is 38.4. The van der Waals surface area contributed by atoms with Gasteiger partial charge in [-0.05, 0) is 116 Å². The van der Waals surface area contributed by atoms with Crippen molar-refractivity contribution < 1.29 is 28.6 Å². The third-order valence-electron chi connectivity index (χ3n) is 15.4. The van der Waals surface area contributed by atoms with Gasteiger partial charge in [-0.25, -0.2) is 0 Å². The maximum Gasteiger partial charge on any atom is 0.306 e. The van der Waals surface area contributed by atoms with Gasteiger partial charge in [0.05, 0.1) is 0 Å². The summed E-state index contributed by atoms with van der Waals surface area (Å²) in [6.45, 7) is 6.53. The van der Waals surface area contributed by atoms with E-state index < -0.39 is 6.10 Å². The van der Waals surface area contributed by atoms with Crippen molar-refractivity contribution in [2.75, 3.05) is 13.2 Å². The van der Waals surface area contributed by atoms with E-state index in [9.17, 15) is 14.4 Å². The van der Waals surface area contributed by atoms with Crippen molar-refractivity contribution in [3.8, 4) is 0 Å². The van der Waals surface area contributed by atoms with Crippen molar-refractivity contribution in [2.24, 2.45) is 0 Å². The van der Waals surface area contributed by atoms with E-state index in [1.165, 1.54) is 225 Å². The van der Waals surface area contributed by atoms with Crippen LogP contribution in [0.2, 0.25) is 0 Å². The first-order valence-electron chi connectivity index (χ1n) is 35.1. The molecule has 0 radical (unpaired) electrons. The molecule has 468 valence electrons. The molecule has 0 heterocycles. The number of carbonyl (C=O) groups is 3. The Kier molecular flexibility index (Phi) is 66.2. The molecule has 0 N–H and O–H groups in total. The zero-order valence-corrected chi connectivity index (χ0v) is 53.8. The van der Waals surface area contributed by atoms with E-state index in [1.54, 1.807) is 0 Å². The zero-order chi connectivity index (χ0) is 58.5. The van der Waals surface area contributed by atoms with E-state index in [4.69, 9.17) is 14.2 Å². The molecule has 6 nitrogen and oxygen atoms in total. The molecule has 81 heavy (non-hydrogen) atoms. The van der Waals surface area contributed by atoms with Crippen LogP contribution < -0.4 is 0 Å². The summed E-state index contributed by atoms with van der Waals surface area (Å²) in [6, 6.07) is 0. The molecule has 0 saturated carbocycles. The van der Waals surface area contributed by atoms with Crippen molar-refractivity contribution in [3.05, 3.63) is 85.1 Å². The van der Waals surface area contributed by atoms with Gasteiger partial charge >= 0.3 is 17.9 Å². The molecule has 0 aromatic carbocycles. The molecule has 0 aliphatic carbocycles. The second-order valence-electron chi connectivity index (χ2n) is 23.4. The summed E-state index contributed by atoms with van der Waals surface area (Å²) < 4.78 is 17.0. The molecule has 0 aromatic heterocycles. The predicted molar refractivity (Wildman–Crippen MR) is 353 cm³/mol. The van der Waals surface area contributed by atoms with Crippen LogP contribution in [0.3, 0.4) is 0 Å². The number of esters is 3. The molecule has 6 heteroatoms. The van der Waals surface area contributed by atoms with Gasteiger partial charge in [0.1, 0.15) is 13.2 Å². The number of unbranched alkanes of at least 4 members (excludes halogenated alkanes) is 39. The fraction of sp³-hybridized carbons (Fsp3) is 0.773. The first-order chi connectivity index (χ1) is 40.0. The first kappa shape index (κ1) is 77.6. The summed E-state index contributed by atoms with van der Waals surface area (Å²) in [7, 11) is 0. The number of allylic oxidation sites excluding steroid dienone is 14. The fourth-order valence-electron chi connectivity index (χ4n) is 10.1. The molecular weight excluding hydrogens is 997 g/mol. The molecule has 0 aromatic rings. The van der Waals surface area contributed by atoms with Crippen LogP contribution in [0.1, 0.15) is 355 Å². The van der Waals surface area contributed by atoms with Gasteiger partial charge in [0, 0.05) is 19.3 Å². The Balaban J connectivity index is 4.33. The van der Waals surface area contributed by atoms with E-state index in [0.717, 1.165) is 89.9 Å². The lowest BCUT2D eigenvalue weighted by atomic mass is 10.0.